The quantitative estimate of drug-likeness (QED) is 0.176. The van der Waals surface area contributed by atoms with Gasteiger partial charge >= 0.3 is 0 Å². The Bertz CT molecular complexity index is 1990. The molecule has 0 atom stereocenters. The lowest BCUT2D eigenvalue weighted by Crippen LogP contribution is -2.48. The van der Waals surface area contributed by atoms with Crippen molar-refractivity contribution in [1.29, 1.82) is 0 Å². The molecule has 0 N–H and O–H groups in total. The Morgan fingerprint density at radius 3 is 1.80 bits per heavy atom. The van der Waals surface area contributed by atoms with E-state index in [1.165, 1.54) is 127 Å². The van der Waals surface area contributed by atoms with Crippen molar-refractivity contribution in [1.82, 2.24) is 0 Å². The van der Waals surface area contributed by atoms with E-state index in [1.807, 2.05) is 0 Å². The maximum Gasteiger partial charge on any atom is 0.0465 e. The summed E-state index contributed by atoms with van der Waals surface area (Å²) in [7, 11) is 0. The third-order valence-electron chi connectivity index (χ3n) is 14.0. The molecule has 0 aliphatic heterocycles. The van der Waals surface area contributed by atoms with Crippen LogP contribution >= 0.6 is 0 Å². The van der Waals surface area contributed by atoms with Gasteiger partial charge in [-0.25, -0.2) is 0 Å². The highest BCUT2D eigenvalue weighted by Crippen LogP contribution is 2.61. The molecule has 5 saturated carbocycles. The predicted molar refractivity (Wildman–Crippen MR) is 210 cm³/mol. The van der Waals surface area contributed by atoms with Crippen molar-refractivity contribution in [2.45, 2.75) is 101 Å². The molecular weight excluding hydrogens is 603 g/mol. The fourth-order valence-electron chi connectivity index (χ4n) is 11.9. The second kappa shape index (κ2) is 11.7. The predicted octanol–water partition coefficient (Wildman–Crippen LogP) is 13.6. The van der Waals surface area contributed by atoms with E-state index < -0.39 is 0 Å². The van der Waals surface area contributed by atoms with Crippen molar-refractivity contribution in [2.75, 3.05) is 4.90 Å². The molecule has 1 heteroatoms. The largest absolute Gasteiger partial charge is 0.310 e. The average molecular weight is 654 g/mol. The number of anilines is 3. The summed E-state index contributed by atoms with van der Waals surface area (Å²) in [5, 5.41) is 0. The van der Waals surface area contributed by atoms with Crippen molar-refractivity contribution in [3.8, 4) is 22.3 Å². The molecule has 5 aromatic rings. The molecule has 252 valence electrons. The highest BCUT2D eigenvalue weighted by Gasteiger charge is 2.51. The Hall–Kier alpha value is -4.10. The van der Waals surface area contributed by atoms with Crippen LogP contribution in [0.1, 0.15) is 113 Å². The molecule has 0 unspecified atom stereocenters. The van der Waals surface area contributed by atoms with Gasteiger partial charge in [0.2, 0.25) is 0 Å². The first-order valence-electron chi connectivity index (χ1n) is 19.8. The van der Waals surface area contributed by atoms with Gasteiger partial charge in [0.1, 0.15) is 0 Å². The van der Waals surface area contributed by atoms with Gasteiger partial charge in [0.15, 0.2) is 0 Å². The number of benzene rings is 5. The summed E-state index contributed by atoms with van der Waals surface area (Å²) in [6.45, 7) is 4.82. The second-order valence-electron chi connectivity index (χ2n) is 17.5. The van der Waals surface area contributed by atoms with Crippen molar-refractivity contribution >= 4 is 17.1 Å². The molecule has 0 aromatic heterocycles. The Labute approximate surface area is 299 Å². The Morgan fingerprint density at radius 2 is 1.14 bits per heavy atom. The molecule has 4 bridgehead atoms. The van der Waals surface area contributed by atoms with Gasteiger partial charge < -0.3 is 4.90 Å². The lowest BCUT2D eigenvalue weighted by Gasteiger charge is -2.57. The molecule has 50 heavy (non-hydrogen) atoms. The van der Waals surface area contributed by atoms with Crippen LogP contribution in [0.2, 0.25) is 0 Å². The van der Waals surface area contributed by atoms with Gasteiger partial charge in [-0.2, -0.15) is 0 Å². The number of hydrogen-bond acceptors (Lipinski definition) is 1. The summed E-state index contributed by atoms with van der Waals surface area (Å²) in [6.07, 6.45) is 15.5. The van der Waals surface area contributed by atoms with E-state index in [1.54, 1.807) is 5.56 Å². The normalized spacial score (nSPS) is 26.1. The first-order valence-corrected chi connectivity index (χ1v) is 19.8. The van der Waals surface area contributed by atoms with Crippen molar-refractivity contribution < 1.29 is 0 Å². The van der Waals surface area contributed by atoms with Crippen LogP contribution in [0.5, 0.6) is 0 Å². The van der Waals surface area contributed by atoms with Crippen molar-refractivity contribution in [2.24, 2.45) is 17.8 Å². The highest BCUT2D eigenvalue weighted by molar-refractivity contribution is 5.87. The monoisotopic (exact) mass is 653 g/mol. The van der Waals surface area contributed by atoms with Crippen molar-refractivity contribution in [3.63, 3.8) is 0 Å². The molecule has 0 saturated heterocycles. The van der Waals surface area contributed by atoms with Crippen LogP contribution in [0.3, 0.4) is 0 Å². The topological polar surface area (TPSA) is 3.24 Å². The van der Waals surface area contributed by atoms with Crippen LogP contribution in [-0.4, -0.2) is 0 Å². The zero-order valence-corrected chi connectivity index (χ0v) is 30.0. The minimum atomic E-state index is -0.0746. The van der Waals surface area contributed by atoms with Gasteiger partial charge in [-0.1, -0.05) is 106 Å². The Kier molecular flexibility index (Phi) is 7.20. The summed E-state index contributed by atoms with van der Waals surface area (Å²) in [6, 6.07) is 44.8. The Morgan fingerprint density at radius 1 is 0.520 bits per heavy atom. The molecule has 5 aromatic carbocycles. The number of hydrogen-bond donors (Lipinski definition) is 0. The summed E-state index contributed by atoms with van der Waals surface area (Å²) < 4.78 is 0. The zero-order valence-electron chi connectivity index (χ0n) is 30.0. The van der Waals surface area contributed by atoms with E-state index in [4.69, 9.17) is 0 Å². The lowest BCUT2D eigenvalue weighted by atomic mass is 9.48. The molecule has 0 heterocycles. The first-order chi connectivity index (χ1) is 24.4. The molecular formula is C49H51N. The molecule has 11 rings (SSSR count). The van der Waals surface area contributed by atoms with Crippen LogP contribution in [0, 0.1) is 17.8 Å². The Balaban J connectivity index is 1.04. The van der Waals surface area contributed by atoms with Crippen LogP contribution in [0.15, 0.2) is 115 Å². The molecule has 0 spiro atoms. The summed E-state index contributed by atoms with van der Waals surface area (Å²) in [4.78, 5) is 2.53. The fraction of sp³-hybridized carbons (Fsp3) is 0.388. The van der Waals surface area contributed by atoms with Crippen LogP contribution in [0.25, 0.3) is 22.3 Å². The fourth-order valence-corrected chi connectivity index (χ4v) is 11.9. The van der Waals surface area contributed by atoms with Crippen LogP contribution in [-0.2, 0) is 10.8 Å². The summed E-state index contributed by atoms with van der Waals surface area (Å²) in [5.41, 5.74) is 15.4. The van der Waals surface area contributed by atoms with E-state index in [0.29, 0.717) is 11.3 Å². The van der Waals surface area contributed by atoms with Gasteiger partial charge in [-0.3, -0.25) is 0 Å². The molecule has 0 radical (unpaired) electrons. The maximum absolute atomic E-state index is 2.53. The smallest absolute Gasteiger partial charge is 0.0465 e. The zero-order chi connectivity index (χ0) is 33.5. The van der Waals surface area contributed by atoms with Crippen LogP contribution < -0.4 is 4.90 Å². The van der Waals surface area contributed by atoms with E-state index in [-0.39, 0.29) is 5.41 Å². The molecule has 0 amide bonds. The standard InChI is InChI=1S/C49H51N/c1-48(2)46-24-15-39(37-11-7-4-8-12-37)28-45(46)44-23-22-43(29-47(44)48)50(41-18-13-38(14-19-41)36-9-5-3-6-10-36)42-20-16-40(17-21-42)49-30-33-25-34(31-49)27-35(26-33)32-49/h4,7-8,11-24,28-29,33-36H,3,5-6,9-10,25-27,30-32H2,1-2H3. The number of rotatable bonds is 6. The average Bonchev–Trinajstić information content (AvgIpc) is 3.37. The van der Waals surface area contributed by atoms with Gasteiger partial charge in [0.25, 0.3) is 0 Å². The van der Waals surface area contributed by atoms with Gasteiger partial charge in [0, 0.05) is 22.5 Å². The minimum absolute atomic E-state index is 0.0746. The third kappa shape index (κ3) is 5.02. The van der Waals surface area contributed by atoms with Gasteiger partial charge in [-0.15, -0.1) is 0 Å². The minimum Gasteiger partial charge on any atom is -0.310 e. The maximum atomic E-state index is 2.53. The highest BCUT2D eigenvalue weighted by atomic mass is 15.1. The second-order valence-corrected chi connectivity index (χ2v) is 17.5. The van der Waals surface area contributed by atoms with Crippen molar-refractivity contribution in [3.05, 3.63) is 138 Å². The van der Waals surface area contributed by atoms with Gasteiger partial charge in [0.05, 0.1) is 0 Å². The van der Waals surface area contributed by atoms with Gasteiger partial charge in [-0.05, 0) is 167 Å². The first kappa shape index (κ1) is 30.7. The third-order valence-corrected chi connectivity index (χ3v) is 14.0. The SMILES string of the molecule is CC1(C)c2ccc(-c3ccccc3)cc2-c2ccc(N(c3ccc(C4CCCCC4)cc3)c3ccc(C45CC6CC(CC(C6)C4)C5)cc3)cc21. The number of nitrogens with zero attached hydrogens (tertiary/aromatic N) is 1. The molecule has 6 aliphatic carbocycles. The summed E-state index contributed by atoms with van der Waals surface area (Å²) in [5.74, 6) is 3.60. The number of fused-ring (bicyclic) bond motifs is 3. The van der Waals surface area contributed by atoms with E-state index in [0.717, 1.165) is 17.8 Å². The van der Waals surface area contributed by atoms with E-state index in [9.17, 15) is 0 Å². The van der Waals surface area contributed by atoms with Crippen LogP contribution in [0.4, 0.5) is 17.1 Å². The van der Waals surface area contributed by atoms with E-state index >= 15 is 0 Å². The van der Waals surface area contributed by atoms with E-state index in [2.05, 4.69) is 134 Å². The summed E-state index contributed by atoms with van der Waals surface area (Å²) >= 11 is 0. The molecule has 1 nitrogen and oxygen atoms in total. The molecule has 6 aliphatic rings. The lowest BCUT2D eigenvalue weighted by molar-refractivity contribution is -0.00518. The molecule has 5 fully saturated rings.